The molecule has 0 aliphatic rings. The molecule has 1 aromatic carbocycles. The van der Waals surface area contributed by atoms with Crippen LogP contribution in [0.25, 0.3) is 0 Å². The number of hydrogen-bond acceptors (Lipinski definition) is 2. The van der Waals surface area contributed by atoms with Crippen LogP contribution in [0.2, 0.25) is 0 Å². The fraction of sp³-hybridized carbons (Fsp3) is 0.571. The number of hydrogen-bond donors (Lipinski definition) is 1. The van der Waals surface area contributed by atoms with E-state index in [2.05, 4.69) is 19.9 Å². The van der Waals surface area contributed by atoms with Crippen LogP contribution in [0.3, 0.4) is 0 Å². The zero-order valence-corrected chi connectivity index (χ0v) is 12.1. The normalized spacial score (nSPS) is 13.7. The van der Waals surface area contributed by atoms with Crippen LogP contribution in [0.5, 0.6) is 0 Å². The fourth-order valence-corrected chi connectivity index (χ4v) is 3.24. The molecule has 1 atom stereocenters. The summed E-state index contributed by atoms with van der Waals surface area (Å²) in [5.41, 5.74) is 8.04. The molecule has 1 rings (SSSR count). The number of rotatable bonds is 5. The maximum atomic E-state index is 12.3. The summed E-state index contributed by atoms with van der Waals surface area (Å²) in [6.07, 6.45) is 0.892. The molecule has 0 spiro atoms. The molecule has 96 valence electrons. The zero-order chi connectivity index (χ0) is 13.1. The van der Waals surface area contributed by atoms with Gasteiger partial charge in [0.05, 0.1) is 10.8 Å². The molecular formula is C14H23NOS. The van der Waals surface area contributed by atoms with Gasteiger partial charge in [-0.1, -0.05) is 26.0 Å². The lowest BCUT2D eigenvalue weighted by Gasteiger charge is -2.21. The summed E-state index contributed by atoms with van der Waals surface area (Å²) in [4.78, 5) is 0.970. The van der Waals surface area contributed by atoms with E-state index in [4.69, 9.17) is 5.73 Å². The monoisotopic (exact) mass is 253 g/mol. The van der Waals surface area contributed by atoms with Crippen molar-refractivity contribution < 1.29 is 4.21 Å². The Morgan fingerprint density at radius 2 is 1.94 bits per heavy atom. The van der Waals surface area contributed by atoms with Gasteiger partial charge in [-0.2, -0.15) is 0 Å². The van der Waals surface area contributed by atoms with Crippen molar-refractivity contribution >= 4 is 10.8 Å². The summed E-state index contributed by atoms with van der Waals surface area (Å²) in [7, 11) is -0.909. The van der Waals surface area contributed by atoms with Crippen LogP contribution in [-0.2, 0) is 10.8 Å². The van der Waals surface area contributed by atoms with Crippen molar-refractivity contribution in [3.63, 3.8) is 0 Å². The van der Waals surface area contributed by atoms with E-state index in [1.165, 1.54) is 0 Å². The predicted octanol–water partition coefficient (Wildman–Crippen LogP) is 2.79. The third-order valence-electron chi connectivity index (χ3n) is 3.11. The van der Waals surface area contributed by atoms with Crippen molar-refractivity contribution in [2.45, 2.75) is 39.0 Å². The number of benzene rings is 1. The summed E-state index contributed by atoms with van der Waals surface area (Å²) >= 11 is 0. The first-order valence-corrected chi connectivity index (χ1v) is 7.33. The van der Waals surface area contributed by atoms with Gasteiger partial charge < -0.3 is 5.73 Å². The van der Waals surface area contributed by atoms with Crippen LogP contribution in [0, 0.1) is 19.3 Å². The van der Waals surface area contributed by atoms with Gasteiger partial charge in [0, 0.05) is 10.6 Å². The molecule has 0 aromatic heterocycles. The summed E-state index contributed by atoms with van der Waals surface area (Å²) < 4.78 is 12.3. The van der Waals surface area contributed by atoms with Gasteiger partial charge in [-0.25, -0.2) is 0 Å². The van der Waals surface area contributed by atoms with Crippen LogP contribution >= 0.6 is 0 Å². The minimum absolute atomic E-state index is 0.0768. The highest BCUT2D eigenvalue weighted by Crippen LogP contribution is 2.22. The third-order valence-corrected chi connectivity index (χ3v) is 4.61. The SMILES string of the molecule is Cc1ccc(C)c(S(=O)CCC(C)(C)CN)c1. The second kappa shape index (κ2) is 5.78. The largest absolute Gasteiger partial charge is 0.330 e. The Morgan fingerprint density at radius 1 is 1.29 bits per heavy atom. The third kappa shape index (κ3) is 4.25. The Labute approximate surface area is 107 Å². The summed E-state index contributed by atoms with van der Waals surface area (Å²) in [6.45, 7) is 8.92. The maximum Gasteiger partial charge on any atom is 0.0532 e. The molecule has 1 aromatic rings. The van der Waals surface area contributed by atoms with Gasteiger partial charge in [-0.15, -0.1) is 0 Å². The molecule has 1 unspecified atom stereocenters. The Balaban J connectivity index is 2.74. The fourth-order valence-electron chi connectivity index (χ4n) is 1.53. The second-order valence-electron chi connectivity index (χ2n) is 5.44. The van der Waals surface area contributed by atoms with E-state index in [1.807, 2.05) is 26.0 Å². The molecule has 17 heavy (non-hydrogen) atoms. The Bertz CT molecular complexity index is 413. The molecule has 0 radical (unpaired) electrons. The highest BCUT2D eigenvalue weighted by molar-refractivity contribution is 7.85. The lowest BCUT2D eigenvalue weighted by atomic mass is 9.91. The molecule has 0 aliphatic carbocycles. The number of nitrogens with two attached hydrogens (primary N) is 1. The zero-order valence-electron chi connectivity index (χ0n) is 11.2. The predicted molar refractivity (Wildman–Crippen MR) is 74.6 cm³/mol. The van der Waals surface area contributed by atoms with Crippen LogP contribution in [0.4, 0.5) is 0 Å². The molecule has 0 saturated heterocycles. The molecule has 3 heteroatoms. The van der Waals surface area contributed by atoms with Crippen LogP contribution < -0.4 is 5.73 Å². The van der Waals surface area contributed by atoms with Crippen LogP contribution in [-0.4, -0.2) is 16.5 Å². The van der Waals surface area contributed by atoms with Crippen molar-refractivity contribution in [2.75, 3.05) is 12.3 Å². The van der Waals surface area contributed by atoms with Crippen molar-refractivity contribution in [3.8, 4) is 0 Å². The van der Waals surface area contributed by atoms with Gasteiger partial charge in [-0.05, 0) is 49.4 Å². The highest BCUT2D eigenvalue weighted by Gasteiger charge is 2.18. The minimum Gasteiger partial charge on any atom is -0.330 e. The molecule has 0 bridgehead atoms. The number of aryl methyl sites for hydroxylation is 2. The van der Waals surface area contributed by atoms with E-state index in [9.17, 15) is 4.21 Å². The van der Waals surface area contributed by atoms with E-state index in [-0.39, 0.29) is 5.41 Å². The van der Waals surface area contributed by atoms with Gasteiger partial charge in [0.2, 0.25) is 0 Å². The standard InChI is InChI=1S/C14H23NOS/c1-11-5-6-12(2)13(9-11)17(16)8-7-14(3,4)10-15/h5-6,9H,7-8,10,15H2,1-4H3. The van der Waals surface area contributed by atoms with Gasteiger partial charge >= 0.3 is 0 Å². The summed E-state index contributed by atoms with van der Waals surface area (Å²) in [5.74, 6) is 0.689. The van der Waals surface area contributed by atoms with Gasteiger partial charge in [-0.3, -0.25) is 4.21 Å². The maximum absolute atomic E-state index is 12.3. The lowest BCUT2D eigenvalue weighted by molar-refractivity contribution is 0.367. The summed E-state index contributed by atoms with van der Waals surface area (Å²) in [6, 6.07) is 6.12. The van der Waals surface area contributed by atoms with Crippen LogP contribution in [0.1, 0.15) is 31.4 Å². The molecular weight excluding hydrogens is 230 g/mol. The van der Waals surface area contributed by atoms with Crippen molar-refractivity contribution in [1.29, 1.82) is 0 Å². The molecule has 2 N–H and O–H groups in total. The van der Waals surface area contributed by atoms with E-state index >= 15 is 0 Å². The van der Waals surface area contributed by atoms with Crippen molar-refractivity contribution in [1.82, 2.24) is 0 Å². The molecule has 0 fully saturated rings. The average Bonchev–Trinajstić information content (AvgIpc) is 2.29. The van der Waals surface area contributed by atoms with Gasteiger partial charge in [0.1, 0.15) is 0 Å². The first kappa shape index (κ1) is 14.4. The van der Waals surface area contributed by atoms with E-state index in [0.29, 0.717) is 12.3 Å². The van der Waals surface area contributed by atoms with E-state index in [0.717, 1.165) is 22.4 Å². The summed E-state index contributed by atoms with van der Waals surface area (Å²) in [5, 5.41) is 0. The Kier molecular flexibility index (Phi) is 4.90. The van der Waals surface area contributed by atoms with Crippen LogP contribution in [0.15, 0.2) is 23.1 Å². The lowest BCUT2D eigenvalue weighted by Crippen LogP contribution is -2.25. The molecule has 0 amide bonds. The minimum atomic E-state index is -0.909. The molecule has 0 aliphatic heterocycles. The first-order valence-electron chi connectivity index (χ1n) is 6.01. The van der Waals surface area contributed by atoms with Gasteiger partial charge in [0.15, 0.2) is 0 Å². The second-order valence-corrected chi connectivity index (χ2v) is 6.98. The molecule has 0 heterocycles. The quantitative estimate of drug-likeness (QED) is 0.877. The topological polar surface area (TPSA) is 43.1 Å². The smallest absolute Gasteiger partial charge is 0.0532 e. The average molecular weight is 253 g/mol. The molecule has 2 nitrogen and oxygen atoms in total. The van der Waals surface area contributed by atoms with E-state index < -0.39 is 10.8 Å². The first-order chi connectivity index (χ1) is 7.85. The Morgan fingerprint density at radius 3 is 2.53 bits per heavy atom. The highest BCUT2D eigenvalue weighted by atomic mass is 32.2. The molecule has 0 saturated carbocycles. The van der Waals surface area contributed by atoms with E-state index in [1.54, 1.807) is 0 Å². The van der Waals surface area contributed by atoms with Crippen molar-refractivity contribution in [2.24, 2.45) is 11.1 Å². The van der Waals surface area contributed by atoms with Crippen molar-refractivity contribution in [3.05, 3.63) is 29.3 Å². The Hall–Kier alpha value is -0.670. The van der Waals surface area contributed by atoms with Gasteiger partial charge in [0.25, 0.3) is 0 Å².